The first kappa shape index (κ1) is 19.4. The SMILES string of the molecule is O=C(Nc1cc(-c2[nH]c3c(c2Cc2ccccc2)C(=O)CCC3)ccn1)c1cscn1. The van der Waals surface area contributed by atoms with E-state index in [4.69, 9.17) is 0 Å². The van der Waals surface area contributed by atoms with Crippen molar-refractivity contribution in [2.75, 3.05) is 5.32 Å². The van der Waals surface area contributed by atoms with E-state index >= 15 is 0 Å². The van der Waals surface area contributed by atoms with Gasteiger partial charge in [-0.1, -0.05) is 30.3 Å². The molecule has 0 saturated carbocycles. The Bertz CT molecular complexity index is 1250. The zero-order valence-electron chi connectivity index (χ0n) is 16.7. The molecule has 4 aromatic rings. The maximum absolute atomic E-state index is 12.8. The average molecular weight is 429 g/mol. The highest BCUT2D eigenvalue weighted by Crippen LogP contribution is 2.35. The maximum Gasteiger partial charge on any atom is 0.276 e. The minimum absolute atomic E-state index is 0.195. The third-order valence-electron chi connectivity index (χ3n) is 5.47. The van der Waals surface area contributed by atoms with Gasteiger partial charge in [-0.05, 0) is 36.1 Å². The topological polar surface area (TPSA) is 87.7 Å². The predicted octanol–water partition coefficient (Wildman–Crippen LogP) is 4.90. The van der Waals surface area contributed by atoms with Gasteiger partial charge in [0.15, 0.2) is 5.78 Å². The number of H-pyrrole nitrogens is 1. The summed E-state index contributed by atoms with van der Waals surface area (Å²) in [6, 6.07) is 13.9. The molecule has 0 unspecified atom stereocenters. The van der Waals surface area contributed by atoms with Gasteiger partial charge in [0.2, 0.25) is 0 Å². The van der Waals surface area contributed by atoms with Crippen LogP contribution in [0.5, 0.6) is 0 Å². The number of anilines is 1. The van der Waals surface area contributed by atoms with Gasteiger partial charge in [-0.15, -0.1) is 11.3 Å². The van der Waals surface area contributed by atoms with Crippen LogP contribution in [-0.4, -0.2) is 26.6 Å². The number of aryl methyl sites for hydroxylation is 1. The Morgan fingerprint density at radius 1 is 1.13 bits per heavy atom. The monoisotopic (exact) mass is 428 g/mol. The summed E-state index contributed by atoms with van der Waals surface area (Å²) < 4.78 is 0. The van der Waals surface area contributed by atoms with E-state index in [0.717, 1.165) is 46.5 Å². The van der Waals surface area contributed by atoms with E-state index in [0.29, 0.717) is 24.4 Å². The number of benzene rings is 1. The number of carbonyl (C=O) groups excluding carboxylic acids is 2. The lowest BCUT2D eigenvalue weighted by Crippen LogP contribution is -2.13. The molecule has 1 aromatic carbocycles. The molecule has 31 heavy (non-hydrogen) atoms. The summed E-state index contributed by atoms with van der Waals surface area (Å²) in [7, 11) is 0. The van der Waals surface area contributed by atoms with Crippen molar-refractivity contribution < 1.29 is 9.59 Å². The number of rotatable bonds is 5. The van der Waals surface area contributed by atoms with E-state index < -0.39 is 0 Å². The third-order valence-corrected chi connectivity index (χ3v) is 6.06. The maximum atomic E-state index is 12.8. The van der Waals surface area contributed by atoms with E-state index in [2.05, 4.69) is 32.4 Å². The summed E-state index contributed by atoms with van der Waals surface area (Å²) in [5, 5.41) is 4.50. The number of aromatic nitrogens is 3. The lowest BCUT2D eigenvalue weighted by atomic mass is 9.90. The van der Waals surface area contributed by atoms with Gasteiger partial charge in [-0.2, -0.15) is 0 Å². The molecule has 3 heterocycles. The standard InChI is InChI=1S/C24H20N4O2S/c29-20-8-4-7-18-22(20)17(11-15-5-2-1-3-6-15)23(27-18)16-9-10-25-21(12-16)28-24(30)19-13-31-14-26-19/h1-3,5-6,9-10,12-14,27H,4,7-8,11H2,(H,25,28,30). The van der Waals surface area contributed by atoms with Crippen LogP contribution < -0.4 is 5.32 Å². The smallest absolute Gasteiger partial charge is 0.276 e. The van der Waals surface area contributed by atoms with Crippen LogP contribution in [0.4, 0.5) is 5.82 Å². The number of carbonyl (C=O) groups is 2. The minimum Gasteiger partial charge on any atom is -0.358 e. The Labute approximate surface area is 183 Å². The highest BCUT2D eigenvalue weighted by molar-refractivity contribution is 7.07. The van der Waals surface area contributed by atoms with Crippen molar-refractivity contribution in [3.63, 3.8) is 0 Å². The van der Waals surface area contributed by atoms with Crippen LogP contribution in [0, 0.1) is 0 Å². The summed E-state index contributed by atoms with van der Waals surface area (Å²) in [4.78, 5) is 37.0. The van der Waals surface area contributed by atoms with Crippen molar-refractivity contribution >= 4 is 28.8 Å². The van der Waals surface area contributed by atoms with Gasteiger partial charge >= 0.3 is 0 Å². The summed E-state index contributed by atoms with van der Waals surface area (Å²) in [6.45, 7) is 0. The van der Waals surface area contributed by atoms with Gasteiger partial charge in [0, 0.05) is 41.2 Å². The summed E-state index contributed by atoms with van der Waals surface area (Å²) >= 11 is 1.37. The Morgan fingerprint density at radius 3 is 2.81 bits per heavy atom. The third kappa shape index (κ3) is 3.92. The number of hydrogen-bond acceptors (Lipinski definition) is 5. The summed E-state index contributed by atoms with van der Waals surface area (Å²) in [5.41, 5.74) is 7.77. The Hall–Kier alpha value is -3.58. The van der Waals surface area contributed by atoms with Crippen LogP contribution >= 0.6 is 11.3 Å². The van der Waals surface area contributed by atoms with E-state index in [-0.39, 0.29) is 11.7 Å². The quantitative estimate of drug-likeness (QED) is 0.473. The van der Waals surface area contributed by atoms with Gasteiger partial charge < -0.3 is 10.3 Å². The highest BCUT2D eigenvalue weighted by Gasteiger charge is 2.26. The van der Waals surface area contributed by atoms with E-state index in [1.165, 1.54) is 11.3 Å². The molecule has 0 atom stereocenters. The Kier molecular flexibility index (Phi) is 5.18. The van der Waals surface area contributed by atoms with Crippen LogP contribution in [0.25, 0.3) is 11.3 Å². The van der Waals surface area contributed by atoms with Gasteiger partial charge in [0.1, 0.15) is 11.5 Å². The van der Waals surface area contributed by atoms with E-state index in [9.17, 15) is 9.59 Å². The molecule has 0 spiro atoms. The molecule has 0 fully saturated rings. The van der Waals surface area contributed by atoms with Crippen LogP contribution in [0.1, 0.15) is 50.5 Å². The number of nitrogens with zero attached hydrogens (tertiary/aromatic N) is 2. The fraction of sp³-hybridized carbons (Fsp3) is 0.167. The first-order valence-corrected chi connectivity index (χ1v) is 11.1. The number of ketones is 1. The van der Waals surface area contributed by atoms with Crippen molar-refractivity contribution in [3.8, 4) is 11.3 Å². The average Bonchev–Trinajstić information content (AvgIpc) is 3.44. The molecular formula is C24H20N4O2S. The molecule has 0 aliphatic heterocycles. The van der Waals surface area contributed by atoms with Gasteiger partial charge in [0.25, 0.3) is 5.91 Å². The number of amides is 1. The molecule has 0 radical (unpaired) electrons. The van der Waals surface area contributed by atoms with Gasteiger partial charge in [-0.3, -0.25) is 9.59 Å². The number of thiazole rings is 1. The van der Waals surface area contributed by atoms with Crippen LogP contribution in [0.2, 0.25) is 0 Å². The number of fused-ring (bicyclic) bond motifs is 1. The van der Waals surface area contributed by atoms with Crippen molar-refractivity contribution in [2.45, 2.75) is 25.7 Å². The largest absolute Gasteiger partial charge is 0.358 e. The predicted molar refractivity (Wildman–Crippen MR) is 121 cm³/mol. The fourth-order valence-electron chi connectivity index (χ4n) is 4.05. The second kappa shape index (κ2) is 8.28. The molecule has 7 heteroatoms. The number of nitrogens with one attached hydrogen (secondary N) is 2. The molecule has 154 valence electrons. The Balaban J connectivity index is 1.54. The number of Topliss-reactive ketones (excluding diaryl/α,β-unsaturated/α-hetero) is 1. The van der Waals surface area contributed by atoms with E-state index in [1.807, 2.05) is 30.3 Å². The number of pyridine rings is 1. The first-order valence-electron chi connectivity index (χ1n) is 10.2. The van der Waals surface area contributed by atoms with E-state index in [1.54, 1.807) is 17.1 Å². The molecule has 1 aliphatic carbocycles. The summed E-state index contributed by atoms with van der Waals surface area (Å²) in [5.74, 6) is 0.345. The second-order valence-corrected chi connectivity index (χ2v) is 8.25. The molecule has 0 saturated heterocycles. The molecule has 6 nitrogen and oxygen atoms in total. The van der Waals surface area contributed by atoms with Crippen LogP contribution in [0.3, 0.4) is 0 Å². The zero-order valence-corrected chi connectivity index (χ0v) is 17.5. The van der Waals surface area contributed by atoms with Crippen LogP contribution in [0.15, 0.2) is 59.6 Å². The van der Waals surface area contributed by atoms with Crippen molar-refractivity contribution in [3.05, 3.63) is 87.6 Å². The summed E-state index contributed by atoms with van der Waals surface area (Å²) in [6.07, 6.45) is 4.64. The fourth-order valence-corrected chi connectivity index (χ4v) is 4.59. The Morgan fingerprint density at radius 2 is 2.00 bits per heavy atom. The first-order chi connectivity index (χ1) is 15.2. The molecule has 2 N–H and O–H groups in total. The molecule has 5 rings (SSSR count). The second-order valence-electron chi connectivity index (χ2n) is 7.53. The molecule has 1 aliphatic rings. The van der Waals surface area contributed by atoms with Gasteiger partial charge in [0.05, 0.1) is 11.2 Å². The van der Waals surface area contributed by atoms with Crippen LogP contribution in [-0.2, 0) is 12.8 Å². The molecular weight excluding hydrogens is 408 g/mol. The van der Waals surface area contributed by atoms with Crippen molar-refractivity contribution in [1.82, 2.24) is 15.0 Å². The molecule has 3 aromatic heterocycles. The lowest BCUT2D eigenvalue weighted by molar-refractivity contribution is 0.0970. The van der Waals surface area contributed by atoms with Crippen molar-refractivity contribution in [1.29, 1.82) is 0 Å². The molecule has 1 amide bonds. The van der Waals surface area contributed by atoms with Gasteiger partial charge in [-0.25, -0.2) is 9.97 Å². The highest BCUT2D eigenvalue weighted by atomic mass is 32.1. The normalized spacial score (nSPS) is 13.1. The zero-order chi connectivity index (χ0) is 21.2. The molecule has 0 bridgehead atoms. The lowest BCUT2D eigenvalue weighted by Gasteiger charge is -2.12. The number of hydrogen-bond donors (Lipinski definition) is 2. The minimum atomic E-state index is -0.295. The number of aromatic amines is 1. The van der Waals surface area contributed by atoms with Crippen molar-refractivity contribution in [2.24, 2.45) is 0 Å².